The van der Waals surface area contributed by atoms with E-state index in [-0.39, 0.29) is 0 Å². The molecule has 5 nitrogen and oxygen atoms in total. The van der Waals surface area contributed by atoms with E-state index in [1.165, 1.54) is 12.8 Å². The number of pyridine rings is 1. The Bertz CT molecular complexity index is 467. The number of hydrogen-bond donors (Lipinski definition) is 0. The molecule has 0 N–H and O–H groups in total. The van der Waals surface area contributed by atoms with Gasteiger partial charge < -0.3 is 0 Å². The molecule has 1 atom stereocenters. The molecule has 0 amide bonds. The largest absolute Gasteiger partial charge is 0.293 e. The fourth-order valence-corrected chi connectivity index (χ4v) is 2.55. The lowest BCUT2D eigenvalue weighted by atomic mass is 10.2. The third-order valence-corrected chi connectivity index (χ3v) is 3.45. The maximum atomic E-state index is 4.40. The molecule has 0 aliphatic carbocycles. The minimum absolute atomic E-state index is 0.550. The van der Waals surface area contributed by atoms with Gasteiger partial charge in [-0.1, -0.05) is 6.07 Å². The molecule has 18 heavy (non-hydrogen) atoms. The summed E-state index contributed by atoms with van der Waals surface area (Å²) in [6.45, 7) is 3.00. The molecule has 0 bridgehead atoms. The van der Waals surface area contributed by atoms with Crippen LogP contribution in [0.25, 0.3) is 0 Å². The van der Waals surface area contributed by atoms with Gasteiger partial charge >= 0.3 is 0 Å². The van der Waals surface area contributed by atoms with Crippen molar-refractivity contribution in [1.29, 1.82) is 0 Å². The molecule has 3 heterocycles. The van der Waals surface area contributed by atoms with Gasteiger partial charge in [0, 0.05) is 18.8 Å². The highest BCUT2D eigenvalue weighted by Crippen LogP contribution is 2.20. The van der Waals surface area contributed by atoms with Crippen molar-refractivity contribution >= 4 is 0 Å². The maximum Gasteiger partial charge on any atom is 0.137 e. The van der Waals surface area contributed by atoms with Gasteiger partial charge in [0.2, 0.25) is 0 Å². The van der Waals surface area contributed by atoms with Gasteiger partial charge in [-0.3, -0.25) is 14.6 Å². The second-order valence-corrected chi connectivity index (χ2v) is 4.71. The molecular formula is C13H17N5. The van der Waals surface area contributed by atoms with Crippen LogP contribution in [0.1, 0.15) is 18.5 Å². The van der Waals surface area contributed by atoms with Crippen molar-refractivity contribution in [3.05, 3.63) is 42.7 Å². The summed E-state index contributed by atoms with van der Waals surface area (Å²) in [5, 5.41) is 4.18. The van der Waals surface area contributed by atoms with E-state index in [1.807, 2.05) is 23.0 Å². The van der Waals surface area contributed by atoms with Crippen LogP contribution in [0.15, 0.2) is 37.1 Å². The van der Waals surface area contributed by atoms with Crippen LogP contribution in [0.5, 0.6) is 0 Å². The minimum atomic E-state index is 0.550. The number of aromatic nitrogens is 4. The first-order chi connectivity index (χ1) is 8.92. The van der Waals surface area contributed by atoms with E-state index in [0.717, 1.165) is 25.3 Å². The van der Waals surface area contributed by atoms with Gasteiger partial charge in [0.15, 0.2) is 0 Å². The molecule has 2 aromatic rings. The smallest absolute Gasteiger partial charge is 0.137 e. The Morgan fingerprint density at radius 2 is 2.33 bits per heavy atom. The molecule has 0 aromatic carbocycles. The Balaban J connectivity index is 1.64. The van der Waals surface area contributed by atoms with Crippen LogP contribution < -0.4 is 0 Å². The molecule has 0 unspecified atom stereocenters. The summed E-state index contributed by atoms with van der Waals surface area (Å²) >= 11 is 0. The van der Waals surface area contributed by atoms with Gasteiger partial charge in [0.05, 0.1) is 12.2 Å². The molecule has 1 aliphatic heterocycles. The van der Waals surface area contributed by atoms with Gasteiger partial charge in [-0.15, -0.1) is 0 Å². The molecule has 0 spiro atoms. The molecule has 0 radical (unpaired) electrons. The standard InChI is InChI=1S/C13H17N5/c1-2-6-15-12(4-1)8-17-7-3-5-13(17)9-18-11-14-10-16-18/h1-2,4,6,10-11,13H,3,5,7-9H2/t13-/m0/s1. The number of likely N-dealkylation sites (tertiary alicyclic amines) is 1. The van der Waals surface area contributed by atoms with E-state index in [9.17, 15) is 0 Å². The van der Waals surface area contributed by atoms with Gasteiger partial charge in [0.25, 0.3) is 0 Å². The van der Waals surface area contributed by atoms with Crippen LogP contribution in [0, 0.1) is 0 Å². The fourth-order valence-electron chi connectivity index (χ4n) is 2.55. The highest BCUT2D eigenvalue weighted by Gasteiger charge is 2.25. The first kappa shape index (κ1) is 11.3. The van der Waals surface area contributed by atoms with Crippen molar-refractivity contribution in [3.63, 3.8) is 0 Å². The average molecular weight is 243 g/mol. The summed E-state index contributed by atoms with van der Waals surface area (Å²) < 4.78 is 1.92. The van der Waals surface area contributed by atoms with Crippen LogP contribution in [-0.2, 0) is 13.1 Å². The lowest BCUT2D eigenvalue weighted by molar-refractivity contribution is 0.216. The van der Waals surface area contributed by atoms with Gasteiger partial charge in [0.1, 0.15) is 12.7 Å². The molecule has 1 saturated heterocycles. The normalized spacial score (nSPS) is 20.3. The average Bonchev–Trinajstić information content (AvgIpc) is 3.04. The number of nitrogens with zero attached hydrogens (tertiary/aromatic N) is 5. The number of rotatable bonds is 4. The Morgan fingerprint density at radius 1 is 1.33 bits per heavy atom. The van der Waals surface area contributed by atoms with Crippen molar-refractivity contribution in [2.45, 2.75) is 32.0 Å². The Kier molecular flexibility index (Phi) is 3.32. The lowest BCUT2D eigenvalue weighted by Crippen LogP contribution is -2.32. The lowest BCUT2D eigenvalue weighted by Gasteiger charge is -2.23. The van der Waals surface area contributed by atoms with E-state index in [0.29, 0.717) is 6.04 Å². The van der Waals surface area contributed by atoms with E-state index in [1.54, 1.807) is 12.7 Å². The zero-order chi connectivity index (χ0) is 12.2. The SMILES string of the molecule is c1ccc(CN2CCC[C@H]2Cn2cncn2)nc1. The topological polar surface area (TPSA) is 46.8 Å². The van der Waals surface area contributed by atoms with Crippen molar-refractivity contribution in [3.8, 4) is 0 Å². The zero-order valence-electron chi connectivity index (χ0n) is 10.3. The number of hydrogen-bond acceptors (Lipinski definition) is 4. The maximum absolute atomic E-state index is 4.40. The summed E-state index contributed by atoms with van der Waals surface area (Å²) in [5.41, 5.74) is 1.14. The summed E-state index contributed by atoms with van der Waals surface area (Å²) in [6, 6.07) is 6.64. The summed E-state index contributed by atoms with van der Waals surface area (Å²) in [4.78, 5) is 10.9. The molecule has 0 saturated carbocycles. The van der Waals surface area contributed by atoms with E-state index in [2.05, 4.69) is 26.0 Å². The molecule has 94 valence electrons. The molecular weight excluding hydrogens is 226 g/mol. The van der Waals surface area contributed by atoms with E-state index in [4.69, 9.17) is 0 Å². The first-order valence-electron chi connectivity index (χ1n) is 6.38. The highest BCUT2D eigenvalue weighted by atomic mass is 15.3. The van der Waals surface area contributed by atoms with Gasteiger partial charge in [-0.05, 0) is 31.5 Å². The van der Waals surface area contributed by atoms with E-state index >= 15 is 0 Å². The Labute approximate surface area is 106 Å². The second-order valence-electron chi connectivity index (χ2n) is 4.71. The summed E-state index contributed by atoms with van der Waals surface area (Å²) in [6.07, 6.45) is 7.73. The van der Waals surface area contributed by atoms with Crippen LogP contribution in [0.2, 0.25) is 0 Å². The van der Waals surface area contributed by atoms with Crippen molar-refractivity contribution in [1.82, 2.24) is 24.6 Å². The summed E-state index contributed by atoms with van der Waals surface area (Å²) in [5.74, 6) is 0. The quantitative estimate of drug-likeness (QED) is 0.813. The molecule has 1 fully saturated rings. The second kappa shape index (κ2) is 5.27. The monoisotopic (exact) mass is 243 g/mol. The Hall–Kier alpha value is -1.75. The zero-order valence-corrected chi connectivity index (χ0v) is 10.3. The van der Waals surface area contributed by atoms with Crippen LogP contribution >= 0.6 is 0 Å². The van der Waals surface area contributed by atoms with Crippen molar-refractivity contribution < 1.29 is 0 Å². The predicted molar refractivity (Wildman–Crippen MR) is 67.7 cm³/mol. The minimum Gasteiger partial charge on any atom is -0.293 e. The molecule has 3 rings (SSSR count). The predicted octanol–water partition coefficient (Wildman–Crippen LogP) is 1.34. The summed E-state index contributed by atoms with van der Waals surface area (Å²) in [7, 11) is 0. The van der Waals surface area contributed by atoms with Crippen LogP contribution in [0.3, 0.4) is 0 Å². The van der Waals surface area contributed by atoms with Crippen molar-refractivity contribution in [2.24, 2.45) is 0 Å². The van der Waals surface area contributed by atoms with Gasteiger partial charge in [-0.2, -0.15) is 5.10 Å². The third kappa shape index (κ3) is 2.56. The van der Waals surface area contributed by atoms with E-state index < -0.39 is 0 Å². The molecule has 5 heteroatoms. The Morgan fingerprint density at radius 3 is 3.11 bits per heavy atom. The van der Waals surface area contributed by atoms with Crippen LogP contribution in [0.4, 0.5) is 0 Å². The van der Waals surface area contributed by atoms with Crippen molar-refractivity contribution in [2.75, 3.05) is 6.54 Å². The van der Waals surface area contributed by atoms with Crippen LogP contribution in [-0.4, -0.2) is 37.2 Å². The highest BCUT2D eigenvalue weighted by molar-refractivity contribution is 5.04. The fraction of sp³-hybridized carbons (Fsp3) is 0.462. The third-order valence-electron chi connectivity index (χ3n) is 3.45. The molecule has 1 aliphatic rings. The first-order valence-corrected chi connectivity index (χ1v) is 6.38. The van der Waals surface area contributed by atoms with Gasteiger partial charge in [-0.25, -0.2) is 4.98 Å². The molecule has 2 aromatic heterocycles.